The van der Waals surface area contributed by atoms with Crippen molar-refractivity contribution in [1.82, 2.24) is 14.7 Å². The Morgan fingerprint density at radius 3 is 2.67 bits per heavy atom. The molecule has 1 atom stereocenters. The second-order valence-corrected chi connectivity index (χ2v) is 5.81. The van der Waals surface area contributed by atoms with E-state index in [-0.39, 0.29) is 11.1 Å². The molecule has 0 aliphatic heterocycles. The first-order valence-electron chi connectivity index (χ1n) is 5.48. The Kier molecular flexibility index (Phi) is 3.27. The smallest absolute Gasteiger partial charge is 0.258 e. The van der Waals surface area contributed by atoms with Crippen LogP contribution >= 0.6 is 0 Å². The lowest BCUT2D eigenvalue weighted by molar-refractivity contribution is 0.496. The fraction of sp³-hybridized carbons (Fsp3) is 0.364. The Balaban J connectivity index is 2.22. The van der Waals surface area contributed by atoms with Gasteiger partial charge in [0.15, 0.2) is 5.03 Å². The number of aromatic nitrogens is 2. The molecule has 0 saturated carbocycles. The molecule has 7 heteroatoms. The zero-order valence-corrected chi connectivity index (χ0v) is 11.2. The Hall–Kier alpha value is -1.60. The molecule has 18 heavy (non-hydrogen) atoms. The van der Waals surface area contributed by atoms with Gasteiger partial charge in [-0.05, 0) is 26.8 Å². The van der Waals surface area contributed by atoms with Gasteiger partial charge in [-0.3, -0.25) is 0 Å². The Morgan fingerprint density at radius 2 is 2.17 bits per heavy atom. The van der Waals surface area contributed by atoms with E-state index >= 15 is 0 Å². The zero-order valence-electron chi connectivity index (χ0n) is 10.4. The number of aromatic amines is 1. The van der Waals surface area contributed by atoms with E-state index < -0.39 is 10.0 Å². The van der Waals surface area contributed by atoms with Gasteiger partial charge in [-0.2, -0.15) is 0 Å². The number of H-pyrrole nitrogens is 1. The second-order valence-electron chi connectivity index (χ2n) is 4.13. The Morgan fingerprint density at radius 1 is 1.44 bits per heavy atom. The maximum Gasteiger partial charge on any atom is 0.258 e. The van der Waals surface area contributed by atoms with Gasteiger partial charge in [-0.1, -0.05) is 0 Å². The third-order valence-corrected chi connectivity index (χ3v) is 4.11. The van der Waals surface area contributed by atoms with Crippen molar-refractivity contribution in [2.75, 3.05) is 0 Å². The number of nitrogens with zero attached hydrogens (tertiary/aromatic N) is 1. The van der Waals surface area contributed by atoms with Gasteiger partial charge >= 0.3 is 0 Å². The average molecular weight is 269 g/mol. The first-order valence-corrected chi connectivity index (χ1v) is 6.96. The molecular formula is C11H15N3O3S. The van der Waals surface area contributed by atoms with Crippen LogP contribution in [0.15, 0.2) is 28.0 Å². The molecule has 2 aromatic heterocycles. The molecule has 0 aliphatic rings. The van der Waals surface area contributed by atoms with E-state index in [0.29, 0.717) is 5.76 Å². The molecule has 0 spiro atoms. The van der Waals surface area contributed by atoms with Gasteiger partial charge in [0.1, 0.15) is 11.5 Å². The molecule has 1 unspecified atom stereocenters. The molecule has 0 aliphatic carbocycles. The van der Waals surface area contributed by atoms with Crippen molar-refractivity contribution in [3.05, 3.63) is 35.7 Å². The summed E-state index contributed by atoms with van der Waals surface area (Å²) >= 11 is 0. The third-order valence-electron chi connectivity index (χ3n) is 2.64. The molecule has 2 rings (SSSR count). The van der Waals surface area contributed by atoms with Crippen LogP contribution in [0, 0.1) is 13.8 Å². The lowest BCUT2D eigenvalue weighted by atomic mass is 10.1. The minimum Gasteiger partial charge on any atom is -0.466 e. The van der Waals surface area contributed by atoms with E-state index in [9.17, 15) is 8.42 Å². The first-order chi connectivity index (χ1) is 8.40. The van der Waals surface area contributed by atoms with E-state index in [2.05, 4.69) is 14.7 Å². The topological polar surface area (TPSA) is 88.0 Å². The quantitative estimate of drug-likeness (QED) is 0.883. The number of imidazole rings is 1. The van der Waals surface area contributed by atoms with E-state index in [0.717, 1.165) is 11.3 Å². The second kappa shape index (κ2) is 4.58. The lowest BCUT2D eigenvalue weighted by Gasteiger charge is -2.12. The van der Waals surface area contributed by atoms with Crippen LogP contribution in [0.5, 0.6) is 0 Å². The fourth-order valence-electron chi connectivity index (χ4n) is 1.83. The molecule has 2 heterocycles. The van der Waals surface area contributed by atoms with Crippen LogP contribution in [0.1, 0.15) is 30.0 Å². The zero-order chi connectivity index (χ0) is 13.3. The number of rotatable bonds is 4. The molecule has 2 aromatic rings. The molecule has 6 nitrogen and oxygen atoms in total. The summed E-state index contributed by atoms with van der Waals surface area (Å²) in [6.45, 7) is 5.40. The summed E-state index contributed by atoms with van der Waals surface area (Å²) in [4.78, 5) is 6.27. The largest absolute Gasteiger partial charge is 0.466 e. The molecular weight excluding hydrogens is 254 g/mol. The third kappa shape index (κ3) is 2.46. The summed E-state index contributed by atoms with van der Waals surface area (Å²) in [6.07, 6.45) is 2.59. The van der Waals surface area contributed by atoms with Crippen molar-refractivity contribution >= 4 is 10.0 Å². The summed E-state index contributed by atoms with van der Waals surface area (Å²) in [6, 6.07) is 1.46. The fourth-order valence-corrected chi connectivity index (χ4v) is 2.96. The van der Waals surface area contributed by atoms with Crippen molar-refractivity contribution in [2.45, 2.75) is 31.8 Å². The summed E-state index contributed by atoms with van der Waals surface area (Å²) in [5.41, 5.74) is 0.829. The van der Waals surface area contributed by atoms with E-state index in [1.54, 1.807) is 6.92 Å². The van der Waals surface area contributed by atoms with Crippen LogP contribution in [-0.4, -0.2) is 18.4 Å². The molecule has 0 bridgehead atoms. The highest BCUT2D eigenvalue weighted by molar-refractivity contribution is 7.89. The van der Waals surface area contributed by atoms with Crippen LogP contribution in [0.4, 0.5) is 0 Å². The van der Waals surface area contributed by atoms with Crippen molar-refractivity contribution in [3.63, 3.8) is 0 Å². The van der Waals surface area contributed by atoms with Crippen LogP contribution in [0.25, 0.3) is 0 Å². The highest BCUT2D eigenvalue weighted by atomic mass is 32.2. The van der Waals surface area contributed by atoms with Crippen molar-refractivity contribution in [1.29, 1.82) is 0 Å². The van der Waals surface area contributed by atoms with Gasteiger partial charge in [0, 0.05) is 11.6 Å². The van der Waals surface area contributed by atoms with Gasteiger partial charge in [-0.15, -0.1) is 0 Å². The van der Waals surface area contributed by atoms with Gasteiger partial charge in [0.05, 0.1) is 12.5 Å². The predicted molar refractivity (Wildman–Crippen MR) is 65.5 cm³/mol. The number of sulfonamides is 1. The maximum atomic E-state index is 12.0. The minimum absolute atomic E-state index is 0.0484. The molecule has 0 saturated heterocycles. The molecule has 0 radical (unpaired) electrons. The standard InChI is InChI=1S/C11H15N3O3S/c1-7-4-10(9(3)17-7)8(2)14-18(15,16)11-5-12-6-13-11/h4-6,8,14H,1-3H3,(H,12,13). The summed E-state index contributed by atoms with van der Waals surface area (Å²) in [5, 5.41) is 0.0484. The van der Waals surface area contributed by atoms with Crippen molar-refractivity contribution in [2.24, 2.45) is 0 Å². The highest BCUT2D eigenvalue weighted by Gasteiger charge is 2.21. The maximum absolute atomic E-state index is 12.0. The summed E-state index contributed by atoms with van der Waals surface area (Å²) < 4.78 is 31.9. The van der Waals surface area contributed by atoms with Gasteiger partial charge in [0.2, 0.25) is 0 Å². The molecule has 98 valence electrons. The SMILES string of the molecule is Cc1cc(C(C)NS(=O)(=O)c2cnc[nH]2)c(C)o1. The minimum atomic E-state index is -3.58. The van der Waals surface area contributed by atoms with E-state index in [4.69, 9.17) is 4.42 Å². The van der Waals surface area contributed by atoms with Crippen molar-refractivity contribution in [3.8, 4) is 0 Å². The normalized spacial score (nSPS) is 13.7. The number of aryl methyl sites for hydroxylation is 2. The van der Waals surface area contributed by atoms with Crippen molar-refractivity contribution < 1.29 is 12.8 Å². The molecule has 0 fully saturated rings. The molecule has 0 amide bonds. The Labute approximate surface area is 105 Å². The van der Waals surface area contributed by atoms with Crippen LogP contribution in [0.2, 0.25) is 0 Å². The first kappa shape index (κ1) is 12.8. The van der Waals surface area contributed by atoms with Crippen LogP contribution in [0.3, 0.4) is 0 Å². The van der Waals surface area contributed by atoms with Crippen LogP contribution < -0.4 is 4.72 Å². The predicted octanol–water partition coefficient (Wildman–Crippen LogP) is 1.66. The number of hydrogen-bond donors (Lipinski definition) is 2. The highest BCUT2D eigenvalue weighted by Crippen LogP contribution is 2.22. The van der Waals surface area contributed by atoms with E-state index in [1.807, 2.05) is 19.9 Å². The van der Waals surface area contributed by atoms with Gasteiger partial charge in [-0.25, -0.2) is 18.1 Å². The molecule has 2 N–H and O–H groups in total. The van der Waals surface area contributed by atoms with Gasteiger partial charge < -0.3 is 9.40 Å². The summed E-state index contributed by atoms with van der Waals surface area (Å²) in [5.74, 6) is 1.47. The number of hydrogen-bond acceptors (Lipinski definition) is 4. The van der Waals surface area contributed by atoms with E-state index in [1.165, 1.54) is 12.5 Å². The number of furan rings is 1. The Bertz CT molecular complexity index is 629. The number of nitrogens with one attached hydrogen (secondary N) is 2. The summed E-state index contributed by atoms with van der Waals surface area (Å²) in [7, 11) is -3.58. The average Bonchev–Trinajstić information content (AvgIpc) is 2.86. The van der Waals surface area contributed by atoms with Crippen LogP contribution in [-0.2, 0) is 10.0 Å². The molecule has 0 aromatic carbocycles. The van der Waals surface area contributed by atoms with Gasteiger partial charge in [0.25, 0.3) is 10.0 Å². The lowest BCUT2D eigenvalue weighted by Crippen LogP contribution is -2.27. The monoisotopic (exact) mass is 269 g/mol.